The first-order valence-electron chi connectivity index (χ1n) is 8.44. The Morgan fingerprint density at radius 1 is 1.40 bits per heavy atom. The maximum atomic E-state index is 12.8. The van der Waals surface area contributed by atoms with E-state index in [0.29, 0.717) is 23.3 Å². The van der Waals surface area contributed by atoms with E-state index in [0.717, 1.165) is 19.3 Å². The van der Waals surface area contributed by atoms with E-state index in [1.54, 1.807) is 0 Å². The van der Waals surface area contributed by atoms with Crippen molar-refractivity contribution in [2.24, 2.45) is 11.3 Å². The summed E-state index contributed by atoms with van der Waals surface area (Å²) in [5.41, 5.74) is 0.383. The maximum absolute atomic E-state index is 12.8. The third-order valence-electron chi connectivity index (χ3n) is 5.01. The van der Waals surface area contributed by atoms with Gasteiger partial charge in [0.1, 0.15) is 0 Å². The zero-order chi connectivity index (χ0) is 14.9. The first-order chi connectivity index (χ1) is 9.35. The Morgan fingerprint density at radius 2 is 2.10 bits per heavy atom. The van der Waals surface area contributed by atoms with Crippen LogP contribution in [0.1, 0.15) is 73.1 Å². The second-order valence-corrected chi connectivity index (χ2v) is 7.86. The zero-order valence-corrected chi connectivity index (χ0v) is 13.9. The highest BCUT2D eigenvalue weighted by atomic mass is 16.2. The Hall–Kier alpha value is -0.570. The van der Waals surface area contributed by atoms with Gasteiger partial charge in [-0.15, -0.1) is 0 Å². The van der Waals surface area contributed by atoms with Gasteiger partial charge in [0.15, 0.2) is 0 Å². The topological polar surface area (TPSA) is 32.3 Å². The summed E-state index contributed by atoms with van der Waals surface area (Å²) in [5.74, 6) is 0.832. The Balaban J connectivity index is 2.16. The van der Waals surface area contributed by atoms with Gasteiger partial charge < -0.3 is 4.90 Å². The van der Waals surface area contributed by atoms with E-state index in [1.807, 2.05) is 0 Å². The molecule has 0 radical (unpaired) electrons. The molecule has 3 unspecified atom stereocenters. The first-order valence-corrected chi connectivity index (χ1v) is 8.44. The standard InChI is InChI=1S/C17H32N2O/c1-6-8-14-16(20)19(15(18-14)12(2)3)13-9-7-10-17(4,5)11-13/h12-15,18H,6-11H2,1-5H3. The summed E-state index contributed by atoms with van der Waals surface area (Å²) in [6.45, 7) is 11.3. The number of rotatable bonds is 4. The van der Waals surface area contributed by atoms with Crippen molar-refractivity contribution < 1.29 is 4.79 Å². The van der Waals surface area contributed by atoms with Crippen molar-refractivity contribution in [3.05, 3.63) is 0 Å². The molecule has 0 aromatic carbocycles. The molecule has 20 heavy (non-hydrogen) atoms. The molecule has 0 spiro atoms. The Morgan fingerprint density at radius 3 is 2.65 bits per heavy atom. The molecule has 0 bridgehead atoms. The number of nitrogens with zero attached hydrogens (tertiary/aromatic N) is 1. The summed E-state index contributed by atoms with van der Waals surface area (Å²) in [5, 5.41) is 3.59. The minimum Gasteiger partial charge on any atom is -0.323 e. The van der Waals surface area contributed by atoms with Crippen LogP contribution in [-0.4, -0.2) is 29.1 Å². The third kappa shape index (κ3) is 3.19. The van der Waals surface area contributed by atoms with Crippen molar-refractivity contribution in [1.82, 2.24) is 10.2 Å². The van der Waals surface area contributed by atoms with Crippen molar-refractivity contribution in [3.8, 4) is 0 Å². The minimum atomic E-state index is 0.0532. The van der Waals surface area contributed by atoms with E-state index in [-0.39, 0.29) is 12.2 Å². The van der Waals surface area contributed by atoms with Gasteiger partial charge >= 0.3 is 0 Å². The Kier molecular flexibility index (Phi) is 4.78. The normalized spacial score (nSPS) is 34.0. The van der Waals surface area contributed by atoms with E-state index in [1.165, 1.54) is 19.3 Å². The fourth-order valence-electron chi connectivity index (χ4n) is 3.99. The first kappa shape index (κ1) is 15.8. The van der Waals surface area contributed by atoms with Crippen molar-refractivity contribution in [1.29, 1.82) is 0 Å². The average Bonchev–Trinajstić information content (AvgIpc) is 2.66. The lowest BCUT2D eigenvalue weighted by molar-refractivity contribution is -0.134. The fraction of sp³-hybridized carbons (Fsp3) is 0.941. The number of carbonyl (C=O) groups is 1. The van der Waals surface area contributed by atoms with E-state index in [9.17, 15) is 4.79 Å². The molecule has 1 amide bonds. The van der Waals surface area contributed by atoms with Gasteiger partial charge in [-0.25, -0.2) is 0 Å². The SMILES string of the molecule is CCCC1NC(C(C)C)N(C2CCCC(C)(C)C2)C1=O. The highest BCUT2D eigenvalue weighted by molar-refractivity contribution is 5.84. The molecule has 1 saturated carbocycles. The van der Waals surface area contributed by atoms with Crippen LogP contribution in [0.25, 0.3) is 0 Å². The number of carbonyl (C=O) groups excluding carboxylic acids is 1. The van der Waals surface area contributed by atoms with Crippen molar-refractivity contribution in [3.63, 3.8) is 0 Å². The van der Waals surface area contributed by atoms with Gasteiger partial charge in [0, 0.05) is 6.04 Å². The lowest BCUT2D eigenvalue weighted by Crippen LogP contribution is -2.49. The lowest BCUT2D eigenvalue weighted by atomic mass is 9.74. The minimum absolute atomic E-state index is 0.0532. The van der Waals surface area contributed by atoms with E-state index < -0.39 is 0 Å². The van der Waals surface area contributed by atoms with Crippen molar-refractivity contribution >= 4 is 5.91 Å². The fourth-order valence-corrected chi connectivity index (χ4v) is 3.99. The summed E-state index contributed by atoms with van der Waals surface area (Å²) >= 11 is 0. The molecule has 2 aliphatic rings. The van der Waals surface area contributed by atoms with Crippen molar-refractivity contribution in [2.45, 2.75) is 91.4 Å². The highest BCUT2D eigenvalue weighted by Crippen LogP contribution is 2.39. The Bertz CT molecular complexity index is 351. The van der Waals surface area contributed by atoms with Crippen LogP contribution in [0, 0.1) is 11.3 Å². The molecular weight excluding hydrogens is 248 g/mol. The molecule has 2 fully saturated rings. The molecule has 1 saturated heterocycles. The van der Waals surface area contributed by atoms with Crippen LogP contribution in [-0.2, 0) is 4.79 Å². The molecular formula is C17H32N2O. The molecule has 3 nitrogen and oxygen atoms in total. The maximum Gasteiger partial charge on any atom is 0.241 e. The molecule has 3 atom stereocenters. The summed E-state index contributed by atoms with van der Waals surface area (Å²) < 4.78 is 0. The van der Waals surface area contributed by atoms with Crippen molar-refractivity contribution in [2.75, 3.05) is 0 Å². The summed E-state index contributed by atoms with van der Waals surface area (Å²) in [6, 6.07) is 0.491. The van der Waals surface area contributed by atoms with E-state index in [4.69, 9.17) is 0 Å². The van der Waals surface area contributed by atoms with Gasteiger partial charge in [-0.05, 0) is 37.0 Å². The van der Waals surface area contributed by atoms with Gasteiger partial charge in [-0.1, -0.05) is 47.5 Å². The zero-order valence-electron chi connectivity index (χ0n) is 13.9. The molecule has 0 aromatic rings. The number of hydrogen-bond acceptors (Lipinski definition) is 2. The smallest absolute Gasteiger partial charge is 0.241 e. The Labute approximate surface area is 124 Å². The van der Waals surface area contributed by atoms with Crippen LogP contribution in [0.4, 0.5) is 0 Å². The molecule has 1 heterocycles. The van der Waals surface area contributed by atoms with Crippen LogP contribution < -0.4 is 5.32 Å². The second-order valence-electron chi connectivity index (χ2n) is 7.86. The van der Waals surface area contributed by atoms with Crippen LogP contribution in [0.2, 0.25) is 0 Å². The van der Waals surface area contributed by atoms with Gasteiger partial charge in [0.05, 0.1) is 12.2 Å². The molecule has 1 aliphatic carbocycles. The van der Waals surface area contributed by atoms with E-state index >= 15 is 0 Å². The van der Waals surface area contributed by atoms with Gasteiger partial charge in [0.25, 0.3) is 0 Å². The predicted molar refractivity (Wildman–Crippen MR) is 83.3 cm³/mol. The van der Waals surface area contributed by atoms with Crippen LogP contribution >= 0.6 is 0 Å². The molecule has 1 aliphatic heterocycles. The molecule has 1 N–H and O–H groups in total. The van der Waals surface area contributed by atoms with Gasteiger partial charge in [-0.3, -0.25) is 10.1 Å². The summed E-state index contributed by atoms with van der Waals surface area (Å²) in [6.07, 6.45) is 7.15. The molecule has 2 rings (SSSR count). The van der Waals surface area contributed by atoms with Crippen LogP contribution in [0.15, 0.2) is 0 Å². The highest BCUT2D eigenvalue weighted by Gasteiger charge is 2.45. The molecule has 0 aromatic heterocycles. The van der Waals surface area contributed by atoms with Gasteiger partial charge in [0.2, 0.25) is 5.91 Å². The number of nitrogens with one attached hydrogen (secondary N) is 1. The summed E-state index contributed by atoms with van der Waals surface area (Å²) in [4.78, 5) is 15.0. The molecule has 3 heteroatoms. The van der Waals surface area contributed by atoms with Crippen LogP contribution in [0.3, 0.4) is 0 Å². The van der Waals surface area contributed by atoms with Crippen LogP contribution in [0.5, 0.6) is 0 Å². The predicted octanol–water partition coefficient (Wildman–Crippen LogP) is 3.54. The van der Waals surface area contributed by atoms with E-state index in [2.05, 4.69) is 44.8 Å². The van der Waals surface area contributed by atoms with Gasteiger partial charge in [-0.2, -0.15) is 0 Å². The number of amides is 1. The quantitative estimate of drug-likeness (QED) is 0.854. The average molecular weight is 280 g/mol. The largest absolute Gasteiger partial charge is 0.323 e. The molecule has 116 valence electrons. The third-order valence-corrected chi connectivity index (χ3v) is 5.01. The monoisotopic (exact) mass is 280 g/mol. The summed E-state index contributed by atoms with van der Waals surface area (Å²) in [7, 11) is 0. The second kappa shape index (κ2) is 6.05. The lowest BCUT2D eigenvalue weighted by Gasteiger charge is -2.42. The number of hydrogen-bond donors (Lipinski definition) is 1.